The summed E-state index contributed by atoms with van der Waals surface area (Å²) in [6, 6.07) is 6.53. The Labute approximate surface area is 139 Å². The number of amides is 1. The maximum atomic E-state index is 12.8. The van der Waals surface area contributed by atoms with Crippen molar-refractivity contribution in [2.75, 3.05) is 11.4 Å². The number of benzene rings is 1. The number of hydrogen-bond donors (Lipinski definition) is 1. The van der Waals surface area contributed by atoms with Crippen LogP contribution in [0.1, 0.15) is 57.6 Å². The van der Waals surface area contributed by atoms with E-state index in [1.165, 1.54) is 11.1 Å². The molecule has 1 aliphatic heterocycles. The van der Waals surface area contributed by atoms with E-state index in [2.05, 4.69) is 39.0 Å². The summed E-state index contributed by atoms with van der Waals surface area (Å²) in [6.45, 7) is 7.45. The molecule has 0 unspecified atom stereocenters. The van der Waals surface area contributed by atoms with Crippen molar-refractivity contribution >= 4 is 24.0 Å². The van der Waals surface area contributed by atoms with Crippen molar-refractivity contribution in [3.05, 3.63) is 29.3 Å². The average molecular weight is 323 g/mol. The molecule has 122 valence electrons. The minimum Gasteiger partial charge on any atom is -0.317 e. The van der Waals surface area contributed by atoms with Crippen LogP contribution in [0, 0.1) is 0 Å². The molecule has 22 heavy (non-hydrogen) atoms. The van der Waals surface area contributed by atoms with Crippen LogP contribution in [-0.2, 0) is 16.6 Å². The summed E-state index contributed by atoms with van der Waals surface area (Å²) in [7, 11) is 0. The standard InChI is InChI=1S/C18H26N2O.ClH/c1-17(2,3)14-6-7-15-13(12-14)8-11-20(15)16(21)18(19)9-4-5-10-18;/h6-7,12H,4-5,8-11,19H2,1-3H3;1H. The number of rotatable bonds is 1. The number of nitrogens with two attached hydrogens (primary N) is 1. The predicted octanol–water partition coefficient (Wildman–Crippen LogP) is 3.57. The third-order valence-electron chi connectivity index (χ3n) is 5.01. The van der Waals surface area contributed by atoms with Gasteiger partial charge in [0.2, 0.25) is 5.91 Å². The maximum Gasteiger partial charge on any atom is 0.247 e. The summed E-state index contributed by atoms with van der Waals surface area (Å²) in [6.07, 6.45) is 4.76. The molecule has 4 heteroatoms. The van der Waals surface area contributed by atoms with Gasteiger partial charge in [0.05, 0.1) is 5.54 Å². The number of nitrogens with zero attached hydrogens (tertiary/aromatic N) is 1. The zero-order valence-electron chi connectivity index (χ0n) is 13.8. The first-order valence-corrected chi connectivity index (χ1v) is 8.05. The lowest BCUT2D eigenvalue weighted by molar-refractivity contribution is -0.123. The van der Waals surface area contributed by atoms with E-state index in [9.17, 15) is 4.79 Å². The summed E-state index contributed by atoms with van der Waals surface area (Å²) >= 11 is 0. The molecule has 3 nitrogen and oxygen atoms in total. The van der Waals surface area contributed by atoms with Gasteiger partial charge in [0.15, 0.2) is 0 Å². The van der Waals surface area contributed by atoms with Crippen LogP contribution in [0.2, 0.25) is 0 Å². The van der Waals surface area contributed by atoms with Gasteiger partial charge in [-0.05, 0) is 41.9 Å². The summed E-state index contributed by atoms with van der Waals surface area (Å²) in [5.74, 6) is 0.127. The average Bonchev–Trinajstić information content (AvgIpc) is 3.03. The first kappa shape index (κ1) is 17.3. The molecule has 1 fully saturated rings. The summed E-state index contributed by atoms with van der Waals surface area (Å²) in [5, 5.41) is 0. The number of fused-ring (bicyclic) bond motifs is 1. The normalized spacial score (nSPS) is 19.7. The smallest absolute Gasteiger partial charge is 0.247 e. The quantitative estimate of drug-likeness (QED) is 0.859. The topological polar surface area (TPSA) is 46.3 Å². The summed E-state index contributed by atoms with van der Waals surface area (Å²) in [5.41, 5.74) is 9.57. The second kappa shape index (κ2) is 5.86. The number of carbonyl (C=O) groups excluding carboxylic acids is 1. The molecule has 0 spiro atoms. The van der Waals surface area contributed by atoms with E-state index >= 15 is 0 Å². The second-order valence-electron chi connectivity index (χ2n) is 7.66. The molecule has 1 amide bonds. The molecule has 0 bridgehead atoms. The van der Waals surface area contributed by atoms with Crippen molar-refractivity contribution in [2.24, 2.45) is 5.73 Å². The third-order valence-corrected chi connectivity index (χ3v) is 5.01. The zero-order chi connectivity index (χ0) is 15.3. The molecule has 2 aliphatic rings. The van der Waals surface area contributed by atoms with E-state index < -0.39 is 5.54 Å². The zero-order valence-corrected chi connectivity index (χ0v) is 14.6. The number of hydrogen-bond acceptors (Lipinski definition) is 2. The van der Waals surface area contributed by atoms with Gasteiger partial charge >= 0.3 is 0 Å². The van der Waals surface area contributed by atoms with Gasteiger partial charge in [-0.15, -0.1) is 12.4 Å². The molecule has 3 rings (SSSR count). The molecule has 0 saturated heterocycles. The van der Waals surface area contributed by atoms with Crippen LogP contribution in [0.25, 0.3) is 0 Å². The lowest BCUT2D eigenvalue weighted by Crippen LogP contribution is -2.53. The van der Waals surface area contributed by atoms with Gasteiger partial charge in [0.25, 0.3) is 0 Å². The molecular formula is C18H27ClN2O. The summed E-state index contributed by atoms with van der Waals surface area (Å²) < 4.78 is 0. The van der Waals surface area contributed by atoms with Crippen molar-refractivity contribution in [1.29, 1.82) is 0 Å². The minimum atomic E-state index is -0.621. The predicted molar refractivity (Wildman–Crippen MR) is 93.8 cm³/mol. The molecule has 1 aromatic rings. The van der Waals surface area contributed by atoms with E-state index in [0.717, 1.165) is 44.3 Å². The van der Waals surface area contributed by atoms with Crippen LogP contribution in [0.3, 0.4) is 0 Å². The van der Waals surface area contributed by atoms with Crippen LogP contribution >= 0.6 is 12.4 Å². The second-order valence-corrected chi connectivity index (χ2v) is 7.66. The fraction of sp³-hybridized carbons (Fsp3) is 0.611. The van der Waals surface area contributed by atoms with E-state index in [1.54, 1.807) is 0 Å². The van der Waals surface area contributed by atoms with Gasteiger partial charge in [-0.25, -0.2) is 0 Å². The Morgan fingerprint density at radius 3 is 2.45 bits per heavy atom. The maximum absolute atomic E-state index is 12.8. The highest BCUT2D eigenvalue weighted by molar-refractivity contribution is 6.01. The Balaban J connectivity index is 0.00000176. The Kier molecular flexibility index (Phi) is 4.61. The van der Waals surface area contributed by atoms with Gasteiger partial charge in [-0.1, -0.05) is 45.7 Å². The monoisotopic (exact) mass is 322 g/mol. The Hall–Kier alpha value is -1.06. The molecule has 1 aromatic carbocycles. The van der Waals surface area contributed by atoms with Crippen LogP contribution in [0.5, 0.6) is 0 Å². The highest BCUT2D eigenvalue weighted by Gasteiger charge is 2.42. The third kappa shape index (κ3) is 2.89. The first-order chi connectivity index (χ1) is 9.81. The molecule has 0 aromatic heterocycles. The van der Waals surface area contributed by atoms with Crippen LogP contribution in [0.4, 0.5) is 5.69 Å². The Morgan fingerprint density at radius 1 is 1.23 bits per heavy atom. The Morgan fingerprint density at radius 2 is 1.86 bits per heavy atom. The van der Waals surface area contributed by atoms with Crippen molar-refractivity contribution in [3.63, 3.8) is 0 Å². The van der Waals surface area contributed by atoms with Crippen molar-refractivity contribution in [3.8, 4) is 0 Å². The lowest BCUT2D eigenvalue weighted by Gasteiger charge is -2.29. The molecule has 1 heterocycles. The number of anilines is 1. The Bertz CT molecular complexity index is 571. The van der Waals surface area contributed by atoms with Crippen molar-refractivity contribution in [1.82, 2.24) is 0 Å². The largest absolute Gasteiger partial charge is 0.317 e. The van der Waals surface area contributed by atoms with Crippen molar-refractivity contribution in [2.45, 2.75) is 63.8 Å². The minimum absolute atomic E-state index is 0. The van der Waals surface area contributed by atoms with E-state index in [1.807, 2.05) is 4.90 Å². The summed E-state index contributed by atoms with van der Waals surface area (Å²) in [4.78, 5) is 14.7. The molecule has 0 atom stereocenters. The fourth-order valence-electron chi connectivity index (χ4n) is 3.57. The van der Waals surface area contributed by atoms with E-state index in [0.29, 0.717) is 0 Å². The molecular weight excluding hydrogens is 296 g/mol. The highest BCUT2D eigenvalue weighted by atomic mass is 35.5. The molecule has 1 saturated carbocycles. The van der Waals surface area contributed by atoms with Crippen LogP contribution in [-0.4, -0.2) is 18.0 Å². The van der Waals surface area contributed by atoms with Crippen LogP contribution < -0.4 is 10.6 Å². The fourth-order valence-corrected chi connectivity index (χ4v) is 3.57. The first-order valence-electron chi connectivity index (χ1n) is 8.05. The van der Waals surface area contributed by atoms with Gasteiger partial charge in [-0.2, -0.15) is 0 Å². The lowest BCUT2D eigenvalue weighted by atomic mass is 9.86. The van der Waals surface area contributed by atoms with Gasteiger partial charge in [-0.3, -0.25) is 4.79 Å². The van der Waals surface area contributed by atoms with Gasteiger partial charge in [0.1, 0.15) is 0 Å². The van der Waals surface area contributed by atoms with Gasteiger partial charge in [0, 0.05) is 12.2 Å². The van der Waals surface area contributed by atoms with E-state index in [4.69, 9.17) is 5.73 Å². The van der Waals surface area contributed by atoms with Crippen LogP contribution in [0.15, 0.2) is 18.2 Å². The molecule has 0 radical (unpaired) electrons. The molecule has 2 N–H and O–H groups in total. The number of halogens is 1. The SMILES string of the molecule is CC(C)(C)c1ccc2c(c1)CCN2C(=O)C1(N)CCCC1.Cl. The van der Waals surface area contributed by atoms with Crippen molar-refractivity contribution < 1.29 is 4.79 Å². The molecule has 1 aliphatic carbocycles. The highest BCUT2D eigenvalue weighted by Crippen LogP contribution is 2.36. The number of carbonyl (C=O) groups is 1. The van der Waals surface area contributed by atoms with E-state index in [-0.39, 0.29) is 23.7 Å². The van der Waals surface area contributed by atoms with Gasteiger partial charge < -0.3 is 10.6 Å².